The molecule has 4 rings (SSSR count). The highest BCUT2D eigenvalue weighted by atomic mass is 35.5. The van der Waals surface area contributed by atoms with Crippen molar-refractivity contribution in [3.63, 3.8) is 0 Å². The number of pyridine rings is 1. The molecule has 7 nitrogen and oxygen atoms in total. The average Bonchev–Trinajstić information content (AvgIpc) is 3.39. The lowest BCUT2D eigenvalue weighted by Crippen LogP contribution is -2.19. The van der Waals surface area contributed by atoms with Crippen LogP contribution in [0.3, 0.4) is 0 Å². The largest absolute Gasteiger partial charge is 0.481 e. The number of hydrogen-bond donors (Lipinski definition) is 2. The molecule has 1 aromatic carbocycles. The van der Waals surface area contributed by atoms with Crippen LogP contribution in [-0.4, -0.2) is 53.1 Å². The van der Waals surface area contributed by atoms with E-state index in [1.165, 1.54) is 20.0 Å². The summed E-state index contributed by atoms with van der Waals surface area (Å²) in [5.74, 6) is 0.154. The zero-order chi connectivity index (χ0) is 20.8. The number of aromatic nitrogens is 3. The number of carbonyl (C=O) groups is 1. The van der Waals surface area contributed by atoms with Crippen LogP contribution < -0.4 is 4.90 Å². The summed E-state index contributed by atoms with van der Waals surface area (Å²) in [7, 11) is 1.48. The fraction of sp³-hybridized carbons (Fsp3) is 0.350. The third-order valence-electron chi connectivity index (χ3n) is 4.57. The second-order valence-corrected chi connectivity index (χ2v) is 7.47. The van der Waals surface area contributed by atoms with Crippen LogP contribution in [0, 0.1) is 0 Å². The summed E-state index contributed by atoms with van der Waals surface area (Å²) >= 11 is 12.6. The lowest BCUT2D eigenvalue weighted by molar-refractivity contribution is -0.137. The highest BCUT2D eigenvalue weighted by Crippen LogP contribution is 2.37. The summed E-state index contributed by atoms with van der Waals surface area (Å²) < 4.78 is 4.47. The Hall–Kier alpha value is -2.35. The molecule has 0 atom stereocenters. The van der Waals surface area contributed by atoms with Crippen LogP contribution in [-0.2, 0) is 9.53 Å². The first-order valence-corrected chi connectivity index (χ1v) is 10.00. The predicted molar refractivity (Wildman–Crippen MR) is 115 cm³/mol. The molecule has 0 radical (unpaired) electrons. The molecule has 1 aliphatic heterocycles. The first-order valence-electron chi connectivity index (χ1n) is 9.24. The maximum absolute atomic E-state index is 9.68. The van der Waals surface area contributed by atoms with Crippen LogP contribution in [0.1, 0.15) is 19.3 Å². The summed E-state index contributed by atoms with van der Waals surface area (Å²) in [6.45, 7) is 2.38. The SMILES string of the molecule is COCCC(=O)O.Clc1cc(Cl)c2c(-c3cn[nH]c3)cc(N3CCCC3)nc2c1. The molecule has 3 aromatic rings. The van der Waals surface area contributed by atoms with Gasteiger partial charge in [0.2, 0.25) is 0 Å². The van der Waals surface area contributed by atoms with Crippen LogP contribution in [0.5, 0.6) is 0 Å². The molecular weight excluding hydrogens is 415 g/mol. The smallest absolute Gasteiger partial charge is 0.305 e. The number of carboxylic acids is 1. The Kier molecular flexibility index (Phi) is 7.30. The number of methoxy groups -OCH3 is 1. The summed E-state index contributed by atoms with van der Waals surface area (Å²) in [5.41, 5.74) is 2.84. The van der Waals surface area contributed by atoms with Gasteiger partial charge < -0.3 is 14.7 Å². The molecule has 1 aliphatic rings. The second kappa shape index (κ2) is 9.91. The number of nitrogens with one attached hydrogen (secondary N) is 1. The van der Waals surface area contributed by atoms with Gasteiger partial charge in [-0.1, -0.05) is 23.2 Å². The number of aromatic amines is 1. The maximum Gasteiger partial charge on any atom is 0.305 e. The van der Waals surface area contributed by atoms with E-state index < -0.39 is 5.97 Å². The molecular formula is C20H22Cl2N4O3. The summed E-state index contributed by atoms with van der Waals surface area (Å²) in [6, 6.07) is 5.72. The molecule has 0 aliphatic carbocycles. The minimum Gasteiger partial charge on any atom is -0.481 e. The number of H-pyrrole nitrogens is 1. The molecule has 9 heteroatoms. The van der Waals surface area contributed by atoms with Gasteiger partial charge in [0.1, 0.15) is 5.82 Å². The average molecular weight is 437 g/mol. The van der Waals surface area contributed by atoms with Gasteiger partial charge in [-0.2, -0.15) is 5.10 Å². The molecule has 0 amide bonds. The van der Waals surface area contributed by atoms with Crippen molar-refractivity contribution in [1.29, 1.82) is 0 Å². The summed E-state index contributed by atoms with van der Waals surface area (Å²) in [5, 5.41) is 17.0. The zero-order valence-electron chi connectivity index (χ0n) is 16.0. The molecule has 154 valence electrons. The first-order chi connectivity index (χ1) is 14.0. The van der Waals surface area contributed by atoms with Gasteiger partial charge in [0, 0.05) is 42.4 Å². The highest BCUT2D eigenvalue weighted by Gasteiger charge is 2.18. The van der Waals surface area contributed by atoms with Gasteiger partial charge in [0.05, 0.1) is 29.8 Å². The molecule has 29 heavy (non-hydrogen) atoms. The molecule has 1 saturated heterocycles. The molecule has 3 heterocycles. The lowest BCUT2D eigenvalue weighted by atomic mass is 10.0. The van der Waals surface area contributed by atoms with E-state index in [1.54, 1.807) is 12.3 Å². The molecule has 0 unspecified atom stereocenters. The van der Waals surface area contributed by atoms with Gasteiger partial charge in [-0.15, -0.1) is 0 Å². The quantitative estimate of drug-likeness (QED) is 0.605. The van der Waals surface area contributed by atoms with E-state index in [2.05, 4.69) is 25.9 Å². The fourth-order valence-corrected chi connectivity index (χ4v) is 3.78. The van der Waals surface area contributed by atoms with Crippen molar-refractivity contribution < 1.29 is 14.6 Å². The van der Waals surface area contributed by atoms with Crippen LogP contribution in [0.15, 0.2) is 30.6 Å². The van der Waals surface area contributed by atoms with E-state index in [0.717, 1.165) is 40.9 Å². The summed E-state index contributed by atoms with van der Waals surface area (Å²) in [6.07, 6.45) is 6.17. The monoisotopic (exact) mass is 436 g/mol. The van der Waals surface area contributed by atoms with Crippen LogP contribution in [0.4, 0.5) is 5.82 Å². The fourth-order valence-electron chi connectivity index (χ4n) is 3.20. The van der Waals surface area contributed by atoms with Crippen molar-refractivity contribution in [3.05, 3.63) is 40.6 Å². The summed E-state index contributed by atoms with van der Waals surface area (Å²) in [4.78, 5) is 16.8. The number of fused-ring (bicyclic) bond motifs is 1. The minimum absolute atomic E-state index is 0.0938. The Morgan fingerprint density at radius 2 is 2.03 bits per heavy atom. The van der Waals surface area contributed by atoms with Gasteiger partial charge in [0.15, 0.2) is 0 Å². The molecule has 0 saturated carbocycles. The number of hydrogen-bond acceptors (Lipinski definition) is 5. The Balaban J connectivity index is 0.000000298. The standard InChI is InChI=1S/C16H14Cl2N4.C4H8O3/c17-11-5-13(18)16-12(10-8-19-20-9-10)7-15(21-14(16)6-11)22-3-1-2-4-22;1-7-3-2-4(5)6/h5-9H,1-4H2,(H,19,20);2-3H2,1H3,(H,5,6). The Morgan fingerprint density at radius 3 is 2.62 bits per heavy atom. The number of halogens is 2. The van der Waals surface area contributed by atoms with Crippen molar-refractivity contribution >= 4 is 45.9 Å². The lowest BCUT2D eigenvalue weighted by Gasteiger charge is -2.19. The van der Waals surface area contributed by atoms with Gasteiger partial charge in [-0.3, -0.25) is 9.89 Å². The minimum atomic E-state index is -0.818. The number of aliphatic carboxylic acids is 1. The van der Waals surface area contributed by atoms with Gasteiger partial charge >= 0.3 is 5.97 Å². The first kappa shape index (κ1) is 21.4. The second-order valence-electron chi connectivity index (χ2n) is 6.63. The predicted octanol–water partition coefficient (Wildman–Crippen LogP) is 4.64. The Morgan fingerprint density at radius 1 is 1.28 bits per heavy atom. The van der Waals surface area contributed by atoms with E-state index in [-0.39, 0.29) is 6.42 Å². The Bertz CT molecular complexity index is 974. The number of benzene rings is 1. The number of rotatable bonds is 5. The number of ether oxygens (including phenoxy) is 1. The van der Waals surface area contributed by atoms with E-state index in [9.17, 15) is 4.79 Å². The van der Waals surface area contributed by atoms with Crippen LogP contribution in [0.25, 0.3) is 22.0 Å². The van der Waals surface area contributed by atoms with E-state index >= 15 is 0 Å². The molecule has 2 aromatic heterocycles. The molecule has 0 spiro atoms. The third kappa shape index (κ3) is 5.38. The van der Waals surface area contributed by atoms with Crippen molar-refractivity contribution in [2.45, 2.75) is 19.3 Å². The van der Waals surface area contributed by atoms with Gasteiger partial charge in [0.25, 0.3) is 0 Å². The van der Waals surface area contributed by atoms with Crippen molar-refractivity contribution in [3.8, 4) is 11.1 Å². The van der Waals surface area contributed by atoms with Crippen molar-refractivity contribution in [1.82, 2.24) is 15.2 Å². The van der Waals surface area contributed by atoms with Crippen LogP contribution in [0.2, 0.25) is 10.0 Å². The van der Waals surface area contributed by atoms with Crippen LogP contribution >= 0.6 is 23.2 Å². The van der Waals surface area contributed by atoms with Gasteiger partial charge in [-0.05, 0) is 36.6 Å². The van der Waals surface area contributed by atoms with Gasteiger partial charge in [-0.25, -0.2) is 4.98 Å². The number of carboxylic acid groups (broad SMARTS) is 1. The molecule has 1 fully saturated rings. The molecule has 0 bridgehead atoms. The maximum atomic E-state index is 9.68. The number of anilines is 1. The van der Waals surface area contributed by atoms with E-state index in [4.69, 9.17) is 33.3 Å². The molecule has 2 N–H and O–H groups in total. The normalized spacial score (nSPS) is 13.4. The highest BCUT2D eigenvalue weighted by molar-refractivity contribution is 6.39. The number of nitrogens with zero attached hydrogens (tertiary/aromatic N) is 3. The van der Waals surface area contributed by atoms with E-state index in [0.29, 0.717) is 16.7 Å². The third-order valence-corrected chi connectivity index (χ3v) is 5.09. The Labute approximate surface area is 178 Å². The zero-order valence-corrected chi connectivity index (χ0v) is 17.5. The van der Waals surface area contributed by atoms with Crippen molar-refractivity contribution in [2.75, 3.05) is 31.7 Å². The topological polar surface area (TPSA) is 91.3 Å². The van der Waals surface area contributed by atoms with E-state index in [1.807, 2.05) is 12.3 Å². The van der Waals surface area contributed by atoms with Crippen molar-refractivity contribution in [2.24, 2.45) is 0 Å².